The Morgan fingerprint density at radius 1 is 1.16 bits per heavy atom. The zero-order valence-corrected chi connectivity index (χ0v) is 10.7. The highest BCUT2D eigenvalue weighted by Gasteiger charge is 2.09. The standard InChI is InChI=1S/C15H16N2O2/c1-16-15(18)9-12-7-8-13(17-19)10-14(12)11-5-3-2-4-6-11/h2-8,10,17,19H,9H2,1H3,(H,16,18). The van der Waals surface area contributed by atoms with Crippen LogP contribution in [0, 0.1) is 0 Å². The van der Waals surface area contributed by atoms with Gasteiger partial charge in [-0.15, -0.1) is 0 Å². The Balaban J connectivity index is 2.45. The molecule has 4 nitrogen and oxygen atoms in total. The normalized spacial score (nSPS) is 10.0. The fourth-order valence-corrected chi connectivity index (χ4v) is 1.95. The van der Waals surface area contributed by atoms with Gasteiger partial charge in [-0.05, 0) is 28.8 Å². The van der Waals surface area contributed by atoms with Crippen LogP contribution in [0.1, 0.15) is 5.56 Å². The molecule has 0 unspecified atom stereocenters. The highest BCUT2D eigenvalue weighted by Crippen LogP contribution is 2.27. The van der Waals surface area contributed by atoms with Gasteiger partial charge in [-0.1, -0.05) is 36.4 Å². The second kappa shape index (κ2) is 6.02. The molecule has 3 N–H and O–H groups in total. The van der Waals surface area contributed by atoms with Crippen molar-refractivity contribution in [2.75, 3.05) is 12.5 Å². The Hall–Kier alpha value is -2.33. The SMILES string of the molecule is CNC(=O)Cc1ccc(NO)cc1-c1ccccc1. The Morgan fingerprint density at radius 2 is 1.89 bits per heavy atom. The minimum Gasteiger partial charge on any atom is -0.359 e. The third-order valence-corrected chi connectivity index (χ3v) is 2.95. The molecule has 0 aliphatic carbocycles. The van der Waals surface area contributed by atoms with Crippen LogP contribution in [0.15, 0.2) is 48.5 Å². The number of hydrogen-bond donors (Lipinski definition) is 3. The summed E-state index contributed by atoms with van der Waals surface area (Å²) in [6.45, 7) is 0. The van der Waals surface area contributed by atoms with Gasteiger partial charge in [0.15, 0.2) is 0 Å². The molecule has 19 heavy (non-hydrogen) atoms. The molecule has 0 saturated heterocycles. The number of hydrogen-bond acceptors (Lipinski definition) is 3. The van der Waals surface area contributed by atoms with E-state index in [9.17, 15) is 4.79 Å². The summed E-state index contributed by atoms with van der Waals surface area (Å²) in [5.41, 5.74) is 5.59. The van der Waals surface area contributed by atoms with Gasteiger partial charge < -0.3 is 5.32 Å². The van der Waals surface area contributed by atoms with E-state index in [1.807, 2.05) is 42.5 Å². The zero-order valence-electron chi connectivity index (χ0n) is 10.7. The number of carbonyl (C=O) groups excluding carboxylic acids is 1. The van der Waals surface area contributed by atoms with Gasteiger partial charge >= 0.3 is 0 Å². The van der Waals surface area contributed by atoms with Crippen molar-refractivity contribution >= 4 is 11.6 Å². The minimum absolute atomic E-state index is 0.0399. The largest absolute Gasteiger partial charge is 0.359 e. The first kappa shape index (κ1) is 13.1. The summed E-state index contributed by atoms with van der Waals surface area (Å²) >= 11 is 0. The van der Waals surface area contributed by atoms with E-state index in [1.54, 1.807) is 13.1 Å². The van der Waals surface area contributed by atoms with E-state index in [2.05, 4.69) is 10.8 Å². The highest BCUT2D eigenvalue weighted by molar-refractivity contribution is 5.82. The van der Waals surface area contributed by atoms with Gasteiger partial charge in [-0.2, -0.15) is 0 Å². The van der Waals surface area contributed by atoms with Crippen molar-refractivity contribution in [2.45, 2.75) is 6.42 Å². The molecule has 2 rings (SSSR count). The Kier molecular flexibility index (Phi) is 4.15. The third-order valence-electron chi connectivity index (χ3n) is 2.95. The van der Waals surface area contributed by atoms with Gasteiger partial charge in [0, 0.05) is 7.05 Å². The molecule has 2 aromatic carbocycles. The summed E-state index contributed by atoms with van der Waals surface area (Å²) < 4.78 is 0. The first-order chi connectivity index (χ1) is 9.24. The smallest absolute Gasteiger partial charge is 0.224 e. The Bertz CT molecular complexity index is 568. The average molecular weight is 256 g/mol. The summed E-state index contributed by atoms with van der Waals surface area (Å²) in [5, 5.41) is 11.6. The third kappa shape index (κ3) is 3.11. The topological polar surface area (TPSA) is 61.4 Å². The van der Waals surface area contributed by atoms with Crippen LogP contribution < -0.4 is 10.8 Å². The summed E-state index contributed by atoms with van der Waals surface area (Å²) in [7, 11) is 1.62. The van der Waals surface area contributed by atoms with E-state index < -0.39 is 0 Å². The number of nitrogens with one attached hydrogen (secondary N) is 2. The molecule has 0 spiro atoms. The van der Waals surface area contributed by atoms with Gasteiger partial charge in [0.05, 0.1) is 12.1 Å². The molecule has 0 bridgehead atoms. The molecule has 0 heterocycles. The van der Waals surface area contributed by atoms with Crippen molar-refractivity contribution in [2.24, 2.45) is 0 Å². The first-order valence-corrected chi connectivity index (χ1v) is 6.03. The van der Waals surface area contributed by atoms with Crippen molar-refractivity contribution in [1.82, 2.24) is 5.32 Å². The molecule has 0 aliphatic heterocycles. The maximum absolute atomic E-state index is 11.5. The van der Waals surface area contributed by atoms with E-state index in [4.69, 9.17) is 5.21 Å². The average Bonchev–Trinajstić information content (AvgIpc) is 2.48. The predicted molar refractivity (Wildman–Crippen MR) is 75.1 cm³/mol. The lowest BCUT2D eigenvalue weighted by atomic mass is 9.97. The van der Waals surface area contributed by atoms with E-state index >= 15 is 0 Å². The number of likely N-dealkylation sites (N-methyl/N-ethyl adjacent to an activating group) is 1. The van der Waals surface area contributed by atoms with Crippen LogP contribution in [-0.4, -0.2) is 18.2 Å². The van der Waals surface area contributed by atoms with E-state index in [-0.39, 0.29) is 5.91 Å². The maximum Gasteiger partial charge on any atom is 0.224 e. The monoisotopic (exact) mass is 256 g/mol. The van der Waals surface area contributed by atoms with E-state index in [0.29, 0.717) is 12.1 Å². The van der Waals surface area contributed by atoms with Gasteiger partial charge in [-0.3, -0.25) is 15.5 Å². The molecule has 0 fully saturated rings. The summed E-state index contributed by atoms with van der Waals surface area (Å²) in [4.78, 5) is 11.5. The lowest BCUT2D eigenvalue weighted by molar-refractivity contribution is -0.119. The molecule has 0 aromatic heterocycles. The van der Waals surface area contributed by atoms with Crippen LogP contribution in [0.25, 0.3) is 11.1 Å². The second-order valence-electron chi connectivity index (χ2n) is 4.20. The van der Waals surface area contributed by atoms with Gasteiger partial charge in [0.1, 0.15) is 0 Å². The molecular formula is C15H16N2O2. The summed E-state index contributed by atoms with van der Waals surface area (Å²) in [6, 6.07) is 15.2. The first-order valence-electron chi connectivity index (χ1n) is 6.03. The summed E-state index contributed by atoms with van der Waals surface area (Å²) in [5.74, 6) is -0.0399. The number of benzene rings is 2. The van der Waals surface area contributed by atoms with Crippen molar-refractivity contribution in [3.05, 3.63) is 54.1 Å². The highest BCUT2D eigenvalue weighted by atomic mass is 16.5. The lowest BCUT2D eigenvalue weighted by Crippen LogP contribution is -2.20. The molecule has 0 saturated carbocycles. The lowest BCUT2D eigenvalue weighted by Gasteiger charge is -2.11. The number of amides is 1. The summed E-state index contributed by atoms with van der Waals surface area (Å²) in [6.07, 6.45) is 0.312. The number of carbonyl (C=O) groups is 1. The van der Waals surface area contributed by atoms with Gasteiger partial charge in [0.25, 0.3) is 0 Å². The maximum atomic E-state index is 11.5. The van der Waals surface area contributed by atoms with Crippen LogP contribution >= 0.6 is 0 Å². The molecule has 0 atom stereocenters. The number of rotatable bonds is 4. The number of anilines is 1. The van der Waals surface area contributed by atoms with Crippen molar-refractivity contribution in [1.29, 1.82) is 0 Å². The molecule has 98 valence electrons. The van der Waals surface area contributed by atoms with Crippen LogP contribution in [0.4, 0.5) is 5.69 Å². The van der Waals surface area contributed by atoms with Gasteiger partial charge in [0.2, 0.25) is 5.91 Å². The van der Waals surface area contributed by atoms with Crippen LogP contribution in [0.3, 0.4) is 0 Å². The second-order valence-corrected chi connectivity index (χ2v) is 4.20. The van der Waals surface area contributed by atoms with Crippen molar-refractivity contribution < 1.29 is 10.0 Å². The minimum atomic E-state index is -0.0399. The van der Waals surface area contributed by atoms with Crippen molar-refractivity contribution in [3.8, 4) is 11.1 Å². The van der Waals surface area contributed by atoms with Crippen LogP contribution in [0.2, 0.25) is 0 Å². The molecule has 2 aromatic rings. The molecular weight excluding hydrogens is 240 g/mol. The van der Waals surface area contributed by atoms with Crippen LogP contribution in [-0.2, 0) is 11.2 Å². The fraction of sp³-hybridized carbons (Fsp3) is 0.133. The van der Waals surface area contributed by atoms with E-state index in [0.717, 1.165) is 16.7 Å². The Morgan fingerprint density at radius 3 is 2.53 bits per heavy atom. The predicted octanol–water partition coefficient (Wildman–Crippen LogP) is 2.44. The Labute approximate surface area is 112 Å². The van der Waals surface area contributed by atoms with Crippen molar-refractivity contribution in [3.63, 3.8) is 0 Å². The van der Waals surface area contributed by atoms with E-state index in [1.165, 1.54) is 0 Å². The van der Waals surface area contributed by atoms with Crippen LogP contribution in [0.5, 0.6) is 0 Å². The fourth-order valence-electron chi connectivity index (χ4n) is 1.95. The quantitative estimate of drug-likeness (QED) is 0.736. The molecule has 0 radical (unpaired) electrons. The molecule has 1 amide bonds. The van der Waals surface area contributed by atoms with Gasteiger partial charge in [-0.25, -0.2) is 0 Å². The zero-order chi connectivity index (χ0) is 13.7. The molecule has 0 aliphatic rings. The molecule has 4 heteroatoms.